The van der Waals surface area contributed by atoms with Crippen LogP contribution in [0.4, 0.5) is 4.39 Å². The molecule has 1 aliphatic rings. The molecule has 4 rings (SSSR count). The zero-order valence-electron chi connectivity index (χ0n) is 17.9. The molecule has 1 aliphatic heterocycles. The Morgan fingerprint density at radius 3 is 2.66 bits per heavy atom. The monoisotopic (exact) mass is 455 g/mol. The number of hydrogen-bond donors (Lipinski definition) is 1. The largest absolute Gasteiger partial charge is 0.379 e. The maximum Gasteiger partial charge on any atom is 0.252 e. The summed E-state index contributed by atoms with van der Waals surface area (Å²) in [6.45, 7) is 5.12. The summed E-state index contributed by atoms with van der Waals surface area (Å²) in [5, 5.41) is 7.00. The summed E-state index contributed by atoms with van der Waals surface area (Å²) in [5.41, 5.74) is 2.42. The molecule has 0 spiro atoms. The van der Waals surface area contributed by atoms with Crippen LogP contribution >= 0.6 is 11.8 Å². The van der Waals surface area contributed by atoms with Crippen LogP contribution in [0.5, 0.6) is 0 Å². The first-order valence-corrected chi connectivity index (χ1v) is 11.6. The fraction of sp³-hybridized carbons (Fsp3) is 0.333. The lowest BCUT2D eigenvalue weighted by molar-refractivity contribution is 0.0162. The molecule has 1 N–H and O–H groups in total. The standard InChI is InChI=1S/C24H26FN3O3S/c1-17-14-20(31-27-17)16-32-23-5-3-2-4-21(23)24(29)26-15-22(28-10-12-30-13-11-28)18-6-8-19(25)9-7-18/h2-9,14,22H,10-13,15-16H2,1H3,(H,26,29). The van der Waals surface area contributed by atoms with Crippen LogP contribution in [0, 0.1) is 12.7 Å². The van der Waals surface area contributed by atoms with Crippen molar-refractivity contribution in [3.63, 3.8) is 0 Å². The lowest BCUT2D eigenvalue weighted by Gasteiger charge is -2.35. The van der Waals surface area contributed by atoms with E-state index < -0.39 is 0 Å². The first kappa shape index (κ1) is 22.5. The van der Waals surface area contributed by atoms with Gasteiger partial charge in [-0.3, -0.25) is 9.69 Å². The number of amides is 1. The summed E-state index contributed by atoms with van der Waals surface area (Å²) in [4.78, 5) is 16.2. The Kier molecular flexibility index (Phi) is 7.57. The van der Waals surface area contributed by atoms with Gasteiger partial charge in [-0.15, -0.1) is 11.8 Å². The van der Waals surface area contributed by atoms with Gasteiger partial charge in [-0.1, -0.05) is 29.4 Å². The second kappa shape index (κ2) is 10.8. The van der Waals surface area contributed by atoms with Crippen molar-refractivity contribution in [2.45, 2.75) is 23.6 Å². The Morgan fingerprint density at radius 1 is 1.19 bits per heavy atom. The number of nitrogens with one attached hydrogen (secondary N) is 1. The van der Waals surface area contributed by atoms with Gasteiger partial charge in [0.2, 0.25) is 0 Å². The molecule has 0 radical (unpaired) electrons. The molecule has 1 saturated heterocycles. The maximum atomic E-state index is 13.5. The zero-order chi connectivity index (χ0) is 22.3. The predicted octanol–water partition coefficient (Wildman–Crippen LogP) is 4.22. The quantitative estimate of drug-likeness (QED) is 0.513. The summed E-state index contributed by atoms with van der Waals surface area (Å²) in [5.74, 6) is 0.956. The second-order valence-electron chi connectivity index (χ2n) is 7.65. The van der Waals surface area contributed by atoms with E-state index in [1.165, 1.54) is 23.9 Å². The molecular weight excluding hydrogens is 429 g/mol. The van der Waals surface area contributed by atoms with Crippen LogP contribution in [0.1, 0.15) is 33.4 Å². The smallest absolute Gasteiger partial charge is 0.252 e. The molecule has 6 nitrogen and oxygen atoms in total. The number of aromatic nitrogens is 1. The number of nitrogens with zero attached hydrogens (tertiary/aromatic N) is 2. The van der Waals surface area contributed by atoms with Crippen molar-refractivity contribution in [3.05, 3.63) is 83.0 Å². The van der Waals surface area contributed by atoms with E-state index in [2.05, 4.69) is 15.4 Å². The van der Waals surface area contributed by atoms with Crippen LogP contribution in [0.3, 0.4) is 0 Å². The van der Waals surface area contributed by atoms with Gasteiger partial charge in [-0.2, -0.15) is 0 Å². The molecule has 1 aromatic heterocycles. The van der Waals surface area contributed by atoms with Crippen LogP contribution in [-0.2, 0) is 10.5 Å². The third-order valence-electron chi connectivity index (χ3n) is 5.38. The first-order valence-electron chi connectivity index (χ1n) is 10.6. The third kappa shape index (κ3) is 5.76. The highest BCUT2D eigenvalue weighted by Crippen LogP contribution is 2.27. The van der Waals surface area contributed by atoms with E-state index in [1.807, 2.05) is 37.3 Å². The average molecular weight is 456 g/mol. The minimum absolute atomic E-state index is 0.0552. The topological polar surface area (TPSA) is 67.6 Å². The van der Waals surface area contributed by atoms with Crippen LogP contribution in [0.2, 0.25) is 0 Å². The number of benzene rings is 2. The molecule has 2 heterocycles. The van der Waals surface area contributed by atoms with Gasteiger partial charge in [-0.05, 0) is 36.8 Å². The highest BCUT2D eigenvalue weighted by atomic mass is 32.2. The third-order valence-corrected chi connectivity index (χ3v) is 6.47. The van der Waals surface area contributed by atoms with E-state index in [9.17, 15) is 9.18 Å². The molecule has 2 aromatic carbocycles. The fourth-order valence-electron chi connectivity index (χ4n) is 3.73. The van der Waals surface area contributed by atoms with E-state index in [0.717, 1.165) is 35.0 Å². The van der Waals surface area contributed by atoms with Crippen molar-refractivity contribution < 1.29 is 18.4 Å². The Hall–Kier alpha value is -2.68. The number of thioether (sulfide) groups is 1. The first-order chi connectivity index (χ1) is 15.6. The lowest BCUT2D eigenvalue weighted by atomic mass is 10.0. The molecule has 8 heteroatoms. The number of ether oxygens (including phenoxy) is 1. The summed E-state index contributed by atoms with van der Waals surface area (Å²) in [6.07, 6.45) is 0. The van der Waals surface area contributed by atoms with Gasteiger partial charge < -0.3 is 14.6 Å². The average Bonchev–Trinajstić information content (AvgIpc) is 3.25. The van der Waals surface area contributed by atoms with E-state index in [4.69, 9.17) is 9.26 Å². The summed E-state index contributed by atoms with van der Waals surface area (Å²) in [7, 11) is 0. The Labute approximate surface area is 191 Å². The minimum atomic E-state index is -0.272. The zero-order valence-corrected chi connectivity index (χ0v) is 18.7. The van der Waals surface area contributed by atoms with Crippen LogP contribution in [-0.4, -0.2) is 48.8 Å². The maximum absolute atomic E-state index is 13.5. The lowest BCUT2D eigenvalue weighted by Crippen LogP contribution is -2.43. The van der Waals surface area contributed by atoms with Gasteiger partial charge in [-0.25, -0.2) is 4.39 Å². The van der Waals surface area contributed by atoms with Crippen molar-refractivity contribution in [1.29, 1.82) is 0 Å². The number of carbonyl (C=O) groups is 1. The van der Waals surface area contributed by atoms with Crippen LogP contribution in [0.25, 0.3) is 0 Å². The molecule has 0 bridgehead atoms. The molecular formula is C24H26FN3O3S. The number of halogens is 1. The van der Waals surface area contributed by atoms with Crippen molar-refractivity contribution in [1.82, 2.24) is 15.4 Å². The molecule has 168 valence electrons. The summed E-state index contributed by atoms with van der Waals surface area (Å²) >= 11 is 1.54. The van der Waals surface area contributed by atoms with E-state index in [-0.39, 0.29) is 17.8 Å². The molecule has 1 unspecified atom stereocenters. The van der Waals surface area contributed by atoms with Gasteiger partial charge in [0, 0.05) is 30.6 Å². The molecule has 0 saturated carbocycles. The number of aryl methyl sites for hydroxylation is 1. The fourth-order valence-corrected chi connectivity index (χ4v) is 4.65. The van der Waals surface area contributed by atoms with E-state index in [1.54, 1.807) is 12.1 Å². The molecule has 1 fully saturated rings. The Balaban J connectivity index is 1.45. The minimum Gasteiger partial charge on any atom is -0.379 e. The SMILES string of the molecule is Cc1cc(CSc2ccccc2C(=O)NCC(c2ccc(F)cc2)N2CCOCC2)on1. The molecule has 1 amide bonds. The second-order valence-corrected chi connectivity index (χ2v) is 8.66. The van der Waals surface area contributed by atoms with Crippen LogP contribution < -0.4 is 5.32 Å². The highest BCUT2D eigenvalue weighted by Gasteiger charge is 2.24. The Bertz CT molecular complexity index is 1030. The van der Waals surface area contributed by atoms with Gasteiger partial charge in [0.15, 0.2) is 0 Å². The highest BCUT2D eigenvalue weighted by molar-refractivity contribution is 7.98. The summed E-state index contributed by atoms with van der Waals surface area (Å²) in [6, 6.07) is 15.9. The van der Waals surface area contributed by atoms with E-state index >= 15 is 0 Å². The summed E-state index contributed by atoms with van der Waals surface area (Å²) < 4.78 is 24.2. The molecule has 0 aliphatic carbocycles. The normalized spacial score (nSPS) is 15.4. The van der Waals surface area contributed by atoms with Crippen molar-refractivity contribution in [3.8, 4) is 0 Å². The van der Waals surface area contributed by atoms with Gasteiger partial charge in [0.25, 0.3) is 5.91 Å². The number of morpholine rings is 1. The van der Waals surface area contributed by atoms with Crippen molar-refractivity contribution in [2.75, 3.05) is 32.8 Å². The predicted molar refractivity (Wildman–Crippen MR) is 121 cm³/mol. The molecule has 1 atom stereocenters. The van der Waals surface area contributed by atoms with Gasteiger partial charge in [0.1, 0.15) is 11.6 Å². The molecule has 3 aromatic rings. The number of hydrogen-bond acceptors (Lipinski definition) is 6. The van der Waals surface area contributed by atoms with Crippen molar-refractivity contribution in [2.24, 2.45) is 0 Å². The number of rotatable bonds is 8. The van der Waals surface area contributed by atoms with Gasteiger partial charge >= 0.3 is 0 Å². The Morgan fingerprint density at radius 2 is 1.94 bits per heavy atom. The van der Waals surface area contributed by atoms with Gasteiger partial charge in [0.05, 0.1) is 36.3 Å². The van der Waals surface area contributed by atoms with Crippen LogP contribution in [0.15, 0.2) is 64.0 Å². The van der Waals surface area contributed by atoms with E-state index in [0.29, 0.717) is 31.1 Å². The molecule has 32 heavy (non-hydrogen) atoms. The number of carbonyl (C=O) groups excluding carboxylic acids is 1. The van der Waals surface area contributed by atoms with Crippen molar-refractivity contribution >= 4 is 17.7 Å².